The molecule has 2 rings (SSSR count). The molecule has 0 spiro atoms. The lowest BCUT2D eigenvalue weighted by molar-refractivity contribution is 0.531. The highest BCUT2D eigenvalue weighted by Gasteiger charge is 2.14. The summed E-state index contributed by atoms with van der Waals surface area (Å²) < 4.78 is 0. The maximum Gasteiger partial charge on any atom is 0.188 e. The monoisotopic (exact) mass is 277 g/mol. The van der Waals surface area contributed by atoms with Crippen LogP contribution in [0, 0.1) is 0 Å². The fraction of sp³-hybridized carbons (Fsp3) is 0.600. The molecule has 90 valence electrons. The average molecular weight is 278 g/mol. The Hall–Kier alpha value is 0.0300. The van der Waals surface area contributed by atoms with E-state index in [1.807, 2.05) is 30.3 Å². The molecule has 1 aliphatic heterocycles. The predicted molar refractivity (Wildman–Crippen MR) is 72.8 cm³/mol. The zero-order chi connectivity index (χ0) is 10.5. The van der Waals surface area contributed by atoms with E-state index in [4.69, 9.17) is 0 Å². The smallest absolute Gasteiger partial charge is 0.188 e. The van der Waals surface area contributed by atoms with Crippen molar-refractivity contribution in [1.82, 2.24) is 15.3 Å². The Balaban J connectivity index is 0.00000128. The van der Waals surface area contributed by atoms with Gasteiger partial charge in [0.15, 0.2) is 5.16 Å². The first-order chi connectivity index (χ1) is 7.38. The summed E-state index contributed by atoms with van der Waals surface area (Å²) in [5.74, 6) is 0. The molecule has 1 atom stereocenters. The first-order valence-corrected chi connectivity index (χ1v) is 7.23. The van der Waals surface area contributed by atoms with Crippen molar-refractivity contribution >= 4 is 35.9 Å². The Kier molecular flexibility index (Phi) is 6.49. The third kappa shape index (κ3) is 4.13. The summed E-state index contributed by atoms with van der Waals surface area (Å²) in [6.07, 6.45) is 6.41. The van der Waals surface area contributed by atoms with Crippen LogP contribution in [0.1, 0.15) is 12.8 Å². The van der Waals surface area contributed by atoms with E-state index in [1.54, 1.807) is 11.8 Å². The van der Waals surface area contributed by atoms with Crippen molar-refractivity contribution < 1.29 is 0 Å². The van der Waals surface area contributed by atoms with Crippen LogP contribution in [0.15, 0.2) is 22.4 Å². The van der Waals surface area contributed by atoms with Gasteiger partial charge in [0.2, 0.25) is 0 Å². The molecule has 1 aromatic heterocycles. The molecule has 0 saturated carbocycles. The Labute approximate surface area is 111 Å². The molecule has 16 heavy (non-hydrogen) atoms. The van der Waals surface area contributed by atoms with Crippen LogP contribution in [-0.2, 0) is 0 Å². The van der Waals surface area contributed by atoms with E-state index < -0.39 is 0 Å². The maximum absolute atomic E-state index is 4.47. The van der Waals surface area contributed by atoms with E-state index >= 15 is 0 Å². The molecule has 0 bridgehead atoms. The standard InChI is InChI=1S/C10H15N3S2.ClH/c1-14-10-12-6-4-9(13-10)15-8-3-2-5-11-7-8;/h4,6,8,11H,2-3,5,7H2,1H3;1H. The second-order valence-electron chi connectivity index (χ2n) is 3.47. The summed E-state index contributed by atoms with van der Waals surface area (Å²) in [4.78, 5) is 8.65. The quantitative estimate of drug-likeness (QED) is 0.522. The lowest BCUT2D eigenvalue weighted by Gasteiger charge is -2.21. The summed E-state index contributed by atoms with van der Waals surface area (Å²) in [6.45, 7) is 2.26. The van der Waals surface area contributed by atoms with Gasteiger partial charge in [-0.05, 0) is 31.7 Å². The molecule has 1 N–H and O–H groups in total. The molecule has 6 heteroatoms. The van der Waals surface area contributed by atoms with Crippen molar-refractivity contribution in [3.63, 3.8) is 0 Å². The minimum atomic E-state index is 0. The molecule has 1 aromatic rings. The molecule has 0 radical (unpaired) electrons. The highest BCUT2D eigenvalue weighted by atomic mass is 35.5. The zero-order valence-electron chi connectivity index (χ0n) is 9.18. The van der Waals surface area contributed by atoms with Gasteiger partial charge in [0.05, 0.1) is 0 Å². The first-order valence-electron chi connectivity index (χ1n) is 5.13. The second kappa shape index (κ2) is 7.37. The van der Waals surface area contributed by atoms with Gasteiger partial charge < -0.3 is 5.32 Å². The van der Waals surface area contributed by atoms with Crippen molar-refractivity contribution in [2.75, 3.05) is 19.3 Å². The maximum atomic E-state index is 4.47. The van der Waals surface area contributed by atoms with E-state index in [9.17, 15) is 0 Å². The number of rotatable bonds is 3. The lowest BCUT2D eigenvalue weighted by Crippen LogP contribution is -2.31. The molecular weight excluding hydrogens is 262 g/mol. The molecule has 0 aromatic carbocycles. The molecule has 1 aliphatic rings. The molecule has 1 fully saturated rings. The predicted octanol–water partition coefficient (Wildman–Crippen LogP) is 2.46. The SMILES string of the molecule is CSc1nccc(SC2CCCNC2)n1.Cl. The number of nitrogens with one attached hydrogen (secondary N) is 1. The van der Waals surface area contributed by atoms with E-state index in [0.29, 0.717) is 5.25 Å². The van der Waals surface area contributed by atoms with Crippen LogP contribution in [-0.4, -0.2) is 34.6 Å². The van der Waals surface area contributed by atoms with Crippen molar-refractivity contribution in [3.8, 4) is 0 Å². The zero-order valence-corrected chi connectivity index (χ0v) is 11.6. The summed E-state index contributed by atoms with van der Waals surface area (Å²) in [6, 6.07) is 2.00. The number of nitrogens with zero attached hydrogens (tertiary/aromatic N) is 2. The number of thioether (sulfide) groups is 2. The van der Waals surface area contributed by atoms with Crippen molar-refractivity contribution in [2.45, 2.75) is 28.3 Å². The number of hydrogen-bond acceptors (Lipinski definition) is 5. The van der Waals surface area contributed by atoms with Crippen LogP contribution in [0.3, 0.4) is 0 Å². The molecule has 1 unspecified atom stereocenters. The van der Waals surface area contributed by atoms with Crippen LogP contribution in [0.2, 0.25) is 0 Å². The van der Waals surface area contributed by atoms with Gasteiger partial charge in [-0.2, -0.15) is 0 Å². The van der Waals surface area contributed by atoms with E-state index in [1.165, 1.54) is 12.8 Å². The Morgan fingerprint density at radius 2 is 2.38 bits per heavy atom. The van der Waals surface area contributed by atoms with Crippen LogP contribution in [0.25, 0.3) is 0 Å². The van der Waals surface area contributed by atoms with Gasteiger partial charge in [-0.3, -0.25) is 0 Å². The fourth-order valence-electron chi connectivity index (χ4n) is 1.58. The van der Waals surface area contributed by atoms with Gasteiger partial charge in [0.1, 0.15) is 5.03 Å². The third-order valence-corrected chi connectivity index (χ3v) is 4.10. The Bertz CT molecular complexity index is 319. The minimum absolute atomic E-state index is 0. The Morgan fingerprint density at radius 3 is 3.06 bits per heavy atom. The normalized spacial score (nSPS) is 20.2. The summed E-state index contributed by atoms with van der Waals surface area (Å²) in [5, 5.41) is 6.05. The molecule has 2 heterocycles. The number of hydrogen-bond donors (Lipinski definition) is 1. The van der Waals surface area contributed by atoms with Crippen molar-refractivity contribution in [2.24, 2.45) is 0 Å². The van der Waals surface area contributed by atoms with Gasteiger partial charge in [0, 0.05) is 18.0 Å². The topological polar surface area (TPSA) is 37.8 Å². The van der Waals surface area contributed by atoms with Crippen LogP contribution >= 0.6 is 35.9 Å². The van der Waals surface area contributed by atoms with Crippen molar-refractivity contribution in [1.29, 1.82) is 0 Å². The number of aromatic nitrogens is 2. The summed E-state index contributed by atoms with van der Waals surface area (Å²) in [5.41, 5.74) is 0. The van der Waals surface area contributed by atoms with Gasteiger partial charge in [-0.25, -0.2) is 9.97 Å². The van der Waals surface area contributed by atoms with Gasteiger partial charge in [-0.15, -0.1) is 24.2 Å². The average Bonchev–Trinajstić information content (AvgIpc) is 2.31. The molecule has 0 aliphatic carbocycles. The fourth-order valence-corrected chi connectivity index (χ4v) is 3.10. The lowest BCUT2D eigenvalue weighted by atomic mass is 10.2. The number of piperidine rings is 1. The van der Waals surface area contributed by atoms with Gasteiger partial charge in [0.25, 0.3) is 0 Å². The molecular formula is C10H16ClN3S2. The first kappa shape index (κ1) is 14.1. The third-order valence-electron chi connectivity index (χ3n) is 2.33. The van der Waals surface area contributed by atoms with E-state index in [0.717, 1.165) is 23.3 Å². The molecule has 1 saturated heterocycles. The van der Waals surface area contributed by atoms with E-state index in [-0.39, 0.29) is 12.4 Å². The van der Waals surface area contributed by atoms with Gasteiger partial charge in [-0.1, -0.05) is 11.8 Å². The largest absolute Gasteiger partial charge is 0.316 e. The number of halogens is 1. The Morgan fingerprint density at radius 1 is 1.50 bits per heavy atom. The summed E-state index contributed by atoms with van der Waals surface area (Å²) >= 11 is 3.46. The highest BCUT2D eigenvalue weighted by molar-refractivity contribution is 8.00. The van der Waals surface area contributed by atoms with Crippen LogP contribution in [0.4, 0.5) is 0 Å². The van der Waals surface area contributed by atoms with E-state index in [2.05, 4.69) is 15.3 Å². The molecule has 3 nitrogen and oxygen atoms in total. The second-order valence-corrected chi connectivity index (χ2v) is 5.56. The minimum Gasteiger partial charge on any atom is -0.316 e. The van der Waals surface area contributed by atoms with Crippen LogP contribution in [0.5, 0.6) is 0 Å². The van der Waals surface area contributed by atoms with Gasteiger partial charge >= 0.3 is 0 Å². The summed E-state index contributed by atoms with van der Waals surface area (Å²) in [7, 11) is 0. The highest BCUT2D eigenvalue weighted by Crippen LogP contribution is 2.26. The molecule has 0 amide bonds. The van der Waals surface area contributed by atoms with Crippen molar-refractivity contribution in [3.05, 3.63) is 12.3 Å². The van der Waals surface area contributed by atoms with Crippen LogP contribution < -0.4 is 5.32 Å².